The fraction of sp³-hybridized carbons (Fsp3) is 0.676. The first-order chi connectivity index (χ1) is 22.3. The van der Waals surface area contributed by atoms with Crippen molar-refractivity contribution in [1.82, 2.24) is 10.2 Å². The van der Waals surface area contributed by atoms with Crippen LogP contribution in [0.25, 0.3) is 0 Å². The number of carbonyl (C=O) groups is 4. The van der Waals surface area contributed by atoms with Gasteiger partial charge in [-0.3, -0.25) is 19.2 Å². The van der Waals surface area contributed by atoms with Gasteiger partial charge >= 0.3 is 5.97 Å². The SMILES string of the molecule is C=C[C@]1(C)C[C@@H](OC(=O)CSc2cccc(CNC(=O)[C@@H]3CCCN3C(=O)CN)c2)[C@]2(C)C(C)CC34CC(CCC3=O)(C42)[C@@H](C)[C@@H]1O. The largest absolute Gasteiger partial charge is 0.461 e. The number of ether oxygens (including phenoxy) is 1. The zero-order chi connectivity index (χ0) is 33.9. The number of aliphatic hydroxyl groups excluding tert-OH is 1. The number of nitrogens with two attached hydrogens (primary N) is 1. The van der Waals surface area contributed by atoms with Crippen molar-refractivity contribution >= 4 is 35.3 Å². The lowest BCUT2D eigenvalue weighted by molar-refractivity contribution is -0.257. The molecular weight excluding hydrogens is 614 g/mol. The number of rotatable bonds is 9. The molecule has 2 amide bonds. The number of esters is 1. The van der Waals surface area contributed by atoms with Crippen LogP contribution in [0.15, 0.2) is 41.8 Å². The Hall–Kier alpha value is -2.69. The highest BCUT2D eigenvalue weighted by molar-refractivity contribution is 8.00. The van der Waals surface area contributed by atoms with E-state index >= 15 is 0 Å². The average molecular weight is 666 g/mol. The lowest BCUT2D eigenvalue weighted by atomic mass is 9.32. The van der Waals surface area contributed by atoms with Crippen LogP contribution in [0.5, 0.6) is 0 Å². The minimum absolute atomic E-state index is 0.0103. The number of nitrogens with zero attached hydrogens (tertiary/aromatic N) is 1. The summed E-state index contributed by atoms with van der Waals surface area (Å²) < 4.78 is 6.46. The first-order valence-electron chi connectivity index (χ1n) is 17.3. The Morgan fingerprint density at radius 1 is 1.23 bits per heavy atom. The van der Waals surface area contributed by atoms with Gasteiger partial charge in [-0.15, -0.1) is 18.3 Å². The molecule has 2 bridgehead atoms. The number of benzene rings is 1. The first-order valence-corrected chi connectivity index (χ1v) is 18.3. The molecule has 47 heavy (non-hydrogen) atoms. The van der Waals surface area contributed by atoms with Crippen LogP contribution in [-0.2, 0) is 30.5 Å². The van der Waals surface area contributed by atoms with E-state index in [1.54, 1.807) is 4.90 Å². The lowest BCUT2D eigenvalue weighted by Crippen LogP contribution is -2.71. The summed E-state index contributed by atoms with van der Waals surface area (Å²) in [5.74, 6) is 0.0243. The summed E-state index contributed by atoms with van der Waals surface area (Å²) in [6.45, 7) is 13.5. The molecule has 5 aliphatic rings. The van der Waals surface area contributed by atoms with Crippen molar-refractivity contribution in [2.75, 3.05) is 18.8 Å². The van der Waals surface area contributed by atoms with E-state index in [-0.39, 0.29) is 58.7 Å². The minimum Gasteiger partial charge on any atom is -0.461 e. The van der Waals surface area contributed by atoms with Crippen molar-refractivity contribution < 1.29 is 29.0 Å². The standard InChI is InChI=1S/C37H51N3O6S/c1-6-34(4)17-28(35(5)22(2)16-37-21-36(33(35)37,13-12-27(37)41)23(3)31(34)44)46-30(43)20-47-25-10-7-9-24(15-25)19-39-32(45)26-11-8-14-40(26)29(42)18-38/h6-7,9-10,15,22-23,26,28,31,33,44H,1,8,11-14,16-21,38H2,2-5H3,(H,39,45)/t22?,23-,26-,28+,31-,33?,34+,35-,36?,37?/m0/s1. The molecule has 10 heteroatoms. The Labute approximate surface area is 282 Å². The number of nitrogens with one attached hydrogen (secondary N) is 1. The van der Waals surface area contributed by atoms with Crippen LogP contribution in [0.2, 0.25) is 0 Å². The summed E-state index contributed by atoms with van der Waals surface area (Å²) in [4.78, 5) is 54.6. The van der Waals surface area contributed by atoms with E-state index in [4.69, 9.17) is 10.5 Å². The molecule has 4 N–H and O–H groups in total. The monoisotopic (exact) mass is 665 g/mol. The molecule has 1 aliphatic heterocycles. The minimum atomic E-state index is -0.650. The van der Waals surface area contributed by atoms with Crippen molar-refractivity contribution in [3.63, 3.8) is 0 Å². The Bertz CT molecular complexity index is 1470. The number of thioether (sulfide) groups is 1. The summed E-state index contributed by atoms with van der Waals surface area (Å²) in [7, 11) is 0. The molecule has 1 saturated heterocycles. The Morgan fingerprint density at radius 2 is 2.00 bits per heavy atom. The molecule has 4 saturated carbocycles. The molecule has 0 radical (unpaired) electrons. The summed E-state index contributed by atoms with van der Waals surface area (Å²) in [6, 6.07) is 7.20. The van der Waals surface area contributed by atoms with E-state index in [2.05, 4.69) is 32.7 Å². The molecule has 9 nitrogen and oxygen atoms in total. The second-order valence-electron chi connectivity index (χ2n) is 15.6. The van der Waals surface area contributed by atoms with Crippen molar-refractivity contribution in [2.24, 2.45) is 45.1 Å². The van der Waals surface area contributed by atoms with Gasteiger partial charge in [-0.2, -0.15) is 0 Å². The molecule has 10 atom stereocenters. The van der Waals surface area contributed by atoms with Crippen LogP contribution in [0.4, 0.5) is 0 Å². The van der Waals surface area contributed by atoms with Gasteiger partial charge in [0.05, 0.1) is 18.4 Å². The molecule has 4 aliphatic carbocycles. The van der Waals surface area contributed by atoms with E-state index in [0.29, 0.717) is 38.1 Å². The molecule has 1 aromatic rings. The molecule has 1 heterocycles. The highest BCUT2D eigenvalue weighted by Crippen LogP contribution is 2.82. The van der Waals surface area contributed by atoms with Gasteiger partial charge in [-0.25, -0.2) is 0 Å². The average Bonchev–Trinajstić information content (AvgIpc) is 3.62. The molecule has 0 aromatic heterocycles. The normalized spacial score (nSPS) is 40.5. The molecule has 5 fully saturated rings. The third kappa shape index (κ3) is 5.28. The van der Waals surface area contributed by atoms with E-state index in [1.165, 1.54) is 11.8 Å². The van der Waals surface area contributed by atoms with Gasteiger partial charge in [0, 0.05) is 40.7 Å². The second-order valence-corrected chi connectivity index (χ2v) is 16.7. The van der Waals surface area contributed by atoms with E-state index in [0.717, 1.165) is 36.1 Å². The molecule has 1 aromatic carbocycles. The zero-order valence-corrected chi connectivity index (χ0v) is 29.1. The molecule has 2 spiro atoms. The predicted octanol–water partition coefficient (Wildman–Crippen LogP) is 4.25. The van der Waals surface area contributed by atoms with Crippen molar-refractivity contribution in [3.05, 3.63) is 42.5 Å². The van der Waals surface area contributed by atoms with Crippen LogP contribution < -0.4 is 11.1 Å². The highest BCUT2D eigenvalue weighted by atomic mass is 32.2. The maximum Gasteiger partial charge on any atom is 0.316 e. The summed E-state index contributed by atoms with van der Waals surface area (Å²) >= 11 is 1.39. The van der Waals surface area contributed by atoms with Gasteiger partial charge in [0.2, 0.25) is 11.8 Å². The quantitative estimate of drug-likeness (QED) is 0.202. The number of aliphatic hydroxyl groups is 1. The maximum absolute atomic E-state index is 13.6. The molecule has 6 rings (SSSR count). The number of Topliss-reactive ketones (excluding diaryl/α,β-unsaturated/α-hetero) is 1. The zero-order valence-electron chi connectivity index (χ0n) is 28.3. The molecule has 256 valence electrons. The summed E-state index contributed by atoms with van der Waals surface area (Å²) in [6.07, 6.45) is 5.58. The number of likely N-dealkylation sites (tertiary alicyclic amines) is 1. The van der Waals surface area contributed by atoms with Gasteiger partial charge in [-0.1, -0.05) is 45.9 Å². The third-order valence-electron chi connectivity index (χ3n) is 13.4. The lowest BCUT2D eigenvalue weighted by Gasteiger charge is -2.71. The van der Waals surface area contributed by atoms with Crippen LogP contribution in [0, 0.1) is 39.4 Å². The van der Waals surface area contributed by atoms with E-state index in [9.17, 15) is 24.3 Å². The van der Waals surface area contributed by atoms with E-state index in [1.807, 2.05) is 37.3 Å². The van der Waals surface area contributed by atoms with Gasteiger partial charge in [-0.05, 0) is 79.4 Å². The maximum atomic E-state index is 13.6. The first kappa shape index (κ1) is 34.2. The van der Waals surface area contributed by atoms with Crippen LogP contribution in [-0.4, -0.2) is 70.7 Å². The van der Waals surface area contributed by atoms with Crippen molar-refractivity contribution in [2.45, 2.75) is 102 Å². The number of ketones is 1. The number of hydrogen-bond donors (Lipinski definition) is 3. The van der Waals surface area contributed by atoms with Crippen LogP contribution >= 0.6 is 11.8 Å². The third-order valence-corrected chi connectivity index (χ3v) is 14.4. The topological polar surface area (TPSA) is 139 Å². The second kappa shape index (κ2) is 12.3. The van der Waals surface area contributed by atoms with Crippen LogP contribution in [0.1, 0.15) is 78.2 Å². The van der Waals surface area contributed by atoms with Crippen molar-refractivity contribution in [1.29, 1.82) is 0 Å². The fourth-order valence-corrected chi connectivity index (χ4v) is 11.6. The van der Waals surface area contributed by atoms with Gasteiger partial charge < -0.3 is 25.8 Å². The van der Waals surface area contributed by atoms with Gasteiger partial charge in [0.25, 0.3) is 0 Å². The highest BCUT2D eigenvalue weighted by Gasteiger charge is 2.81. The molecule has 4 unspecified atom stereocenters. The Balaban J connectivity index is 1.14. The summed E-state index contributed by atoms with van der Waals surface area (Å²) in [5, 5.41) is 14.8. The predicted molar refractivity (Wildman–Crippen MR) is 180 cm³/mol. The number of carbonyl (C=O) groups excluding carboxylic acids is 4. The Morgan fingerprint density at radius 3 is 2.72 bits per heavy atom. The van der Waals surface area contributed by atoms with Crippen molar-refractivity contribution in [3.8, 4) is 0 Å². The van der Waals surface area contributed by atoms with Gasteiger partial charge in [0.15, 0.2) is 0 Å². The number of hydrogen-bond acceptors (Lipinski definition) is 8. The fourth-order valence-electron chi connectivity index (χ4n) is 10.9. The molecular formula is C37H51N3O6S. The number of amides is 2. The Kier molecular flexibility index (Phi) is 8.96. The smallest absolute Gasteiger partial charge is 0.316 e. The van der Waals surface area contributed by atoms with E-state index < -0.39 is 29.1 Å². The van der Waals surface area contributed by atoms with Crippen LogP contribution in [0.3, 0.4) is 0 Å². The summed E-state index contributed by atoms with van der Waals surface area (Å²) in [5.41, 5.74) is 4.85. The van der Waals surface area contributed by atoms with Gasteiger partial charge in [0.1, 0.15) is 17.9 Å².